The molecule has 0 saturated carbocycles. The fraction of sp³-hybridized carbons (Fsp3) is 0.250. The normalized spacial score (nSPS) is 27.5. The highest BCUT2D eigenvalue weighted by Gasteiger charge is 2.21. The van der Waals surface area contributed by atoms with Crippen molar-refractivity contribution in [2.24, 2.45) is 0 Å². The number of allylic oxidation sites excluding steroid dienone is 2. The van der Waals surface area contributed by atoms with Crippen molar-refractivity contribution >= 4 is 11.6 Å². The predicted molar refractivity (Wildman–Crippen MR) is 45.8 cm³/mol. The molecule has 0 aromatic heterocycles. The van der Waals surface area contributed by atoms with Gasteiger partial charge in [0, 0.05) is 13.2 Å². The van der Waals surface area contributed by atoms with Crippen LogP contribution in [-0.4, -0.2) is 18.1 Å². The van der Waals surface area contributed by atoms with Crippen LogP contribution in [0.25, 0.3) is 0 Å². The average Bonchev–Trinajstić information content (AvgIpc) is 2.34. The number of nitrogens with one attached hydrogen (secondary N) is 1. The van der Waals surface area contributed by atoms with Gasteiger partial charge in [0.15, 0.2) is 0 Å². The maximum absolute atomic E-state index is 5.86. The zero-order valence-corrected chi connectivity index (χ0v) is 6.97. The molecule has 0 bridgehead atoms. The van der Waals surface area contributed by atoms with E-state index in [1.807, 2.05) is 31.6 Å². The number of hydrogen-bond donors (Lipinski definition) is 1. The lowest BCUT2D eigenvalue weighted by molar-refractivity contribution is 0.349. The van der Waals surface area contributed by atoms with Crippen LogP contribution in [0, 0.1) is 0 Å². The molecule has 1 unspecified atom stereocenters. The molecule has 1 N–H and O–H groups in total. The highest BCUT2D eigenvalue weighted by Crippen LogP contribution is 2.23. The first-order chi connectivity index (χ1) is 5.27. The van der Waals surface area contributed by atoms with Crippen LogP contribution in [0.2, 0.25) is 0 Å². The van der Waals surface area contributed by atoms with E-state index in [4.69, 9.17) is 11.6 Å². The van der Waals surface area contributed by atoms with Gasteiger partial charge < -0.3 is 10.2 Å². The molecular weight excluding hydrogens is 160 g/mol. The van der Waals surface area contributed by atoms with Gasteiger partial charge in [-0.25, -0.2) is 0 Å². The van der Waals surface area contributed by atoms with Crippen LogP contribution in [0.4, 0.5) is 0 Å². The number of fused-ring (bicyclic) bond motifs is 1. The number of nitrogens with zero attached hydrogens (tertiary/aromatic N) is 1. The second-order valence-corrected chi connectivity index (χ2v) is 3.16. The molecule has 2 rings (SSSR count). The Kier molecular flexibility index (Phi) is 1.43. The summed E-state index contributed by atoms with van der Waals surface area (Å²) >= 11 is 5.86. The number of hydrogen-bond acceptors (Lipinski definition) is 2. The second kappa shape index (κ2) is 2.31. The standard InChI is InChI=1S/C8H9ClN2/c1-11-5-7(9)4-6-2-3-10-8(6)11/h2-5,8,10H,1H3. The first-order valence-corrected chi connectivity index (χ1v) is 3.88. The van der Waals surface area contributed by atoms with E-state index in [9.17, 15) is 0 Å². The zero-order valence-electron chi connectivity index (χ0n) is 6.21. The van der Waals surface area contributed by atoms with Crippen LogP contribution in [0.5, 0.6) is 0 Å². The quantitative estimate of drug-likeness (QED) is 0.588. The molecule has 0 radical (unpaired) electrons. The first-order valence-electron chi connectivity index (χ1n) is 3.51. The van der Waals surface area contributed by atoms with Crippen LogP contribution < -0.4 is 5.32 Å². The number of rotatable bonds is 0. The summed E-state index contributed by atoms with van der Waals surface area (Å²) < 4.78 is 0. The summed E-state index contributed by atoms with van der Waals surface area (Å²) in [5.74, 6) is 0. The molecule has 2 aliphatic rings. The topological polar surface area (TPSA) is 15.3 Å². The van der Waals surface area contributed by atoms with Crippen molar-refractivity contribution in [3.63, 3.8) is 0 Å². The van der Waals surface area contributed by atoms with E-state index >= 15 is 0 Å². The van der Waals surface area contributed by atoms with E-state index in [0.717, 1.165) is 5.03 Å². The molecule has 0 saturated heterocycles. The van der Waals surface area contributed by atoms with Crippen LogP contribution in [0.15, 0.2) is 35.2 Å². The van der Waals surface area contributed by atoms with E-state index < -0.39 is 0 Å². The maximum atomic E-state index is 5.86. The molecule has 0 aliphatic carbocycles. The summed E-state index contributed by atoms with van der Waals surface area (Å²) in [6.45, 7) is 0. The number of likely N-dealkylation sites (N-methyl/N-ethyl adjacent to an activating group) is 1. The third-order valence-electron chi connectivity index (χ3n) is 1.88. The molecule has 11 heavy (non-hydrogen) atoms. The minimum Gasteiger partial charge on any atom is -0.368 e. The molecule has 2 heterocycles. The van der Waals surface area contributed by atoms with Crippen molar-refractivity contribution in [3.8, 4) is 0 Å². The van der Waals surface area contributed by atoms with Gasteiger partial charge in [-0.3, -0.25) is 0 Å². The fourth-order valence-electron chi connectivity index (χ4n) is 1.37. The van der Waals surface area contributed by atoms with Crippen molar-refractivity contribution in [2.45, 2.75) is 6.17 Å². The Labute approximate surface area is 70.8 Å². The van der Waals surface area contributed by atoms with Crippen molar-refractivity contribution < 1.29 is 0 Å². The third-order valence-corrected chi connectivity index (χ3v) is 2.09. The highest BCUT2D eigenvalue weighted by molar-refractivity contribution is 6.31. The minimum absolute atomic E-state index is 0.289. The molecule has 0 spiro atoms. The molecule has 0 aromatic carbocycles. The largest absolute Gasteiger partial charge is 0.368 e. The van der Waals surface area contributed by atoms with Gasteiger partial charge in [0.2, 0.25) is 0 Å². The van der Waals surface area contributed by atoms with Crippen molar-refractivity contribution in [1.82, 2.24) is 10.2 Å². The Morgan fingerprint density at radius 3 is 3.27 bits per heavy atom. The van der Waals surface area contributed by atoms with Gasteiger partial charge >= 0.3 is 0 Å². The average molecular weight is 169 g/mol. The number of halogens is 1. The molecule has 2 nitrogen and oxygen atoms in total. The SMILES string of the molecule is CN1C=C(Cl)C=C2C=CNC21. The summed E-state index contributed by atoms with van der Waals surface area (Å²) in [5.41, 5.74) is 1.22. The van der Waals surface area contributed by atoms with Crippen molar-refractivity contribution in [2.75, 3.05) is 7.05 Å². The monoisotopic (exact) mass is 168 g/mol. The molecule has 2 aliphatic heterocycles. The molecular formula is C8H9ClN2. The lowest BCUT2D eigenvalue weighted by Crippen LogP contribution is -2.37. The Balaban J connectivity index is 2.35. The fourth-order valence-corrected chi connectivity index (χ4v) is 1.65. The molecule has 58 valence electrons. The van der Waals surface area contributed by atoms with Gasteiger partial charge in [-0.05, 0) is 23.9 Å². The Morgan fingerprint density at radius 1 is 1.64 bits per heavy atom. The Morgan fingerprint density at radius 2 is 2.45 bits per heavy atom. The summed E-state index contributed by atoms with van der Waals surface area (Å²) in [4.78, 5) is 2.05. The van der Waals surface area contributed by atoms with Gasteiger partial charge in [-0.2, -0.15) is 0 Å². The summed E-state index contributed by atoms with van der Waals surface area (Å²) in [6, 6.07) is 0. The van der Waals surface area contributed by atoms with Gasteiger partial charge in [-0.15, -0.1) is 0 Å². The molecule has 0 fully saturated rings. The lowest BCUT2D eigenvalue weighted by atomic mass is 10.1. The van der Waals surface area contributed by atoms with Gasteiger partial charge in [0.25, 0.3) is 0 Å². The summed E-state index contributed by atoms with van der Waals surface area (Å²) in [5, 5.41) is 3.99. The van der Waals surface area contributed by atoms with Gasteiger partial charge in [-0.1, -0.05) is 11.6 Å². The van der Waals surface area contributed by atoms with Crippen LogP contribution in [0.1, 0.15) is 0 Å². The highest BCUT2D eigenvalue weighted by atomic mass is 35.5. The van der Waals surface area contributed by atoms with Crippen LogP contribution >= 0.6 is 11.6 Å². The van der Waals surface area contributed by atoms with Gasteiger partial charge in [0.05, 0.1) is 5.03 Å². The molecule has 3 heteroatoms. The second-order valence-electron chi connectivity index (χ2n) is 2.73. The molecule has 0 amide bonds. The predicted octanol–water partition coefficient (Wildman–Crippen LogP) is 1.38. The third kappa shape index (κ3) is 1.03. The Bertz CT molecular complexity index is 265. The first kappa shape index (κ1) is 6.80. The van der Waals surface area contributed by atoms with Crippen molar-refractivity contribution in [1.29, 1.82) is 0 Å². The summed E-state index contributed by atoms with van der Waals surface area (Å²) in [7, 11) is 2.00. The van der Waals surface area contributed by atoms with E-state index in [-0.39, 0.29) is 6.17 Å². The summed E-state index contributed by atoms with van der Waals surface area (Å²) in [6.07, 6.45) is 8.16. The minimum atomic E-state index is 0.289. The van der Waals surface area contributed by atoms with Gasteiger partial charge in [0.1, 0.15) is 6.17 Å². The maximum Gasteiger partial charge on any atom is 0.125 e. The molecule has 0 aromatic rings. The smallest absolute Gasteiger partial charge is 0.125 e. The van der Waals surface area contributed by atoms with Crippen molar-refractivity contribution in [3.05, 3.63) is 35.2 Å². The van der Waals surface area contributed by atoms with E-state index in [1.165, 1.54) is 5.57 Å². The lowest BCUT2D eigenvalue weighted by Gasteiger charge is -2.27. The van der Waals surface area contributed by atoms with E-state index in [0.29, 0.717) is 0 Å². The van der Waals surface area contributed by atoms with E-state index in [1.54, 1.807) is 0 Å². The van der Waals surface area contributed by atoms with E-state index in [2.05, 4.69) is 10.2 Å². The van der Waals surface area contributed by atoms with Crippen LogP contribution in [-0.2, 0) is 0 Å². The zero-order chi connectivity index (χ0) is 7.84. The van der Waals surface area contributed by atoms with Crippen LogP contribution in [0.3, 0.4) is 0 Å². The molecule has 1 atom stereocenters. The Hall–Kier alpha value is -0.890.